The molecular formula is C19H21NO3S. The van der Waals surface area contributed by atoms with Crippen molar-refractivity contribution in [2.75, 3.05) is 19.1 Å². The van der Waals surface area contributed by atoms with Gasteiger partial charge in [-0.1, -0.05) is 23.8 Å². The fourth-order valence-electron chi connectivity index (χ4n) is 2.50. The summed E-state index contributed by atoms with van der Waals surface area (Å²) in [5, 5.41) is 2.97. The van der Waals surface area contributed by atoms with Gasteiger partial charge in [-0.3, -0.25) is 4.79 Å². The Kier molecular flexibility index (Phi) is 5.30. The van der Waals surface area contributed by atoms with E-state index in [4.69, 9.17) is 9.47 Å². The van der Waals surface area contributed by atoms with Gasteiger partial charge in [-0.2, -0.15) is 0 Å². The molecule has 0 spiro atoms. The van der Waals surface area contributed by atoms with E-state index in [9.17, 15) is 4.79 Å². The molecule has 126 valence electrons. The minimum absolute atomic E-state index is 0.0571. The van der Waals surface area contributed by atoms with E-state index in [0.29, 0.717) is 12.3 Å². The van der Waals surface area contributed by atoms with Gasteiger partial charge in [-0.05, 0) is 49.6 Å². The standard InChI is InChI=1S/C19H21NO3S/c1-13-3-4-14(2)18(9-13)24-11-19(21)20-8-7-15-5-6-16-17(10-15)23-12-22-16/h3-6,9-10H,7-8,11-12H2,1-2H3,(H,20,21). The Bertz CT molecular complexity index is 745. The number of rotatable bonds is 6. The second-order valence-electron chi connectivity index (χ2n) is 5.85. The molecule has 0 bridgehead atoms. The number of fused-ring (bicyclic) bond motifs is 1. The van der Waals surface area contributed by atoms with Crippen molar-refractivity contribution in [3.63, 3.8) is 0 Å². The third kappa shape index (κ3) is 4.23. The fraction of sp³-hybridized carbons (Fsp3) is 0.316. The minimum atomic E-state index is 0.0571. The van der Waals surface area contributed by atoms with E-state index in [-0.39, 0.29) is 12.7 Å². The predicted molar refractivity (Wildman–Crippen MR) is 95.9 cm³/mol. The zero-order valence-corrected chi connectivity index (χ0v) is 14.7. The van der Waals surface area contributed by atoms with E-state index in [2.05, 4.69) is 37.4 Å². The predicted octanol–water partition coefficient (Wildman–Crippen LogP) is 3.48. The summed E-state index contributed by atoms with van der Waals surface area (Å²) in [6, 6.07) is 12.2. The Labute approximate surface area is 146 Å². The summed E-state index contributed by atoms with van der Waals surface area (Å²) in [5.74, 6) is 2.06. The molecule has 2 aromatic carbocycles. The van der Waals surface area contributed by atoms with Crippen LogP contribution >= 0.6 is 11.8 Å². The van der Waals surface area contributed by atoms with Gasteiger partial charge >= 0.3 is 0 Å². The topological polar surface area (TPSA) is 47.6 Å². The molecule has 2 aromatic rings. The number of carbonyl (C=O) groups excluding carboxylic acids is 1. The van der Waals surface area contributed by atoms with Crippen LogP contribution in [0.3, 0.4) is 0 Å². The largest absolute Gasteiger partial charge is 0.454 e. The molecule has 0 aromatic heterocycles. The van der Waals surface area contributed by atoms with E-state index in [1.54, 1.807) is 11.8 Å². The molecule has 1 amide bonds. The number of thioether (sulfide) groups is 1. The summed E-state index contributed by atoms with van der Waals surface area (Å²) >= 11 is 1.58. The molecule has 1 aliphatic heterocycles. The lowest BCUT2D eigenvalue weighted by atomic mass is 10.1. The van der Waals surface area contributed by atoms with Crippen LogP contribution < -0.4 is 14.8 Å². The SMILES string of the molecule is Cc1ccc(C)c(SCC(=O)NCCc2ccc3c(c2)OCO3)c1. The van der Waals surface area contributed by atoms with Gasteiger partial charge < -0.3 is 14.8 Å². The Morgan fingerprint density at radius 1 is 1.12 bits per heavy atom. The van der Waals surface area contributed by atoms with E-state index in [1.165, 1.54) is 16.0 Å². The monoisotopic (exact) mass is 343 g/mol. The van der Waals surface area contributed by atoms with Gasteiger partial charge in [0.1, 0.15) is 0 Å². The van der Waals surface area contributed by atoms with Crippen LogP contribution in [0.4, 0.5) is 0 Å². The highest BCUT2D eigenvalue weighted by Gasteiger charge is 2.13. The highest BCUT2D eigenvalue weighted by molar-refractivity contribution is 8.00. The van der Waals surface area contributed by atoms with Crippen molar-refractivity contribution in [2.24, 2.45) is 0 Å². The molecule has 0 atom stereocenters. The lowest BCUT2D eigenvalue weighted by Crippen LogP contribution is -2.27. The van der Waals surface area contributed by atoms with Gasteiger partial charge in [0.05, 0.1) is 5.75 Å². The summed E-state index contributed by atoms with van der Waals surface area (Å²) in [7, 11) is 0. The zero-order chi connectivity index (χ0) is 16.9. The molecule has 5 heteroatoms. The van der Waals surface area contributed by atoms with E-state index in [0.717, 1.165) is 23.5 Å². The van der Waals surface area contributed by atoms with Crippen molar-refractivity contribution in [1.29, 1.82) is 0 Å². The number of aryl methyl sites for hydroxylation is 2. The summed E-state index contributed by atoms with van der Waals surface area (Å²) in [6.07, 6.45) is 0.774. The fourth-order valence-corrected chi connectivity index (χ4v) is 3.45. The first-order valence-electron chi connectivity index (χ1n) is 7.97. The van der Waals surface area contributed by atoms with Gasteiger partial charge in [-0.15, -0.1) is 11.8 Å². The molecule has 24 heavy (non-hydrogen) atoms. The molecule has 4 nitrogen and oxygen atoms in total. The Hall–Kier alpha value is -2.14. The number of amides is 1. The van der Waals surface area contributed by atoms with E-state index >= 15 is 0 Å². The third-order valence-corrected chi connectivity index (χ3v) is 5.03. The second kappa shape index (κ2) is 7.62. The quantitative estimate of drug-likeness (QED) is 0.816. The Balaban J connectivity index is 1.43. The summed E-state index contributed by atoms with van der Waals surface area (Å²) in [4.78, 5) is 13.2. The molecule has 0 aliphatic carbocycles. The van der Waals surface area contributed by atoms with Gasteiger partial charge in [0.25, 0.3) is 0 Å². The molecule has 0 fully saturated rings. The molecule has 0 saturated heterocycles. The van der Waals surface area contributed by atoms with Crippen molar-refractivity contribution in [3.8, 4) is 11.5 Å². The zero-order valence-electron chi connectivity index (χ0n) is 13.9. The number of ether oxygens (including phenoxy) is 2. The van der Waals surface area contributed by atoms with Gasteiger partial charge in [0.2, 0.25) is 12.7 Å². The molecular weight excluding hydrogens is 322 g/mol. The number of hydrogen-bond acceptors (Lipinski definition) is 4. The number of nitrogens with one attached hydrogen (secondary N) is 1. The summed E-state index contributed by atoms with van der Waals surface area (Å²) in [5.41, 5.74) is 3.55. The number of hydrogen-bond donors (Lipinski definition) is 1. The first-order chi connectivity index (χ1) is 11.6. The van der Waals surface area contributed by atoms with Crippen molar-refractivity contribution < 1.29 is 14.3 Å². The van der Waals surface area contributed by atoms with Crippen molar-refractivity contribution in [3.05, 3.63) is 53.1 Å². The minimum Gasteiger partial charge on any atom is -0.454 e. The Morgan fingerprint density at radius 3 is 2.83 bits per heavy atom. The third-order valence-electron chi connectivity index (χ3n) is 3.88. The van der Waals surface area contributed by atoms with Crippen molar-refractivity contribution in [1.82, 2.24) is 5.32 Å². The van der Waals surface area contributed by atoms with Crippen molar-refractivity contribution in [2.45, 2.75) is 25.2 Å². The van der Waals surface area contributed by atoms with Crippen LogP contribution in [0.25, 0.3) is 0 Å². The lowest BCUT2D eigenvalue weighted by Gasteiger charge is -2.08. The smallest absolute Gasteiger partial charge is 0.231 e. The molecule has 1 heterocycles. The lowest BCUT2D eigenvalue weighted by molar-refractivity contribution is -0.118. The Morgan fingerprint density at radius 2 is 1.96 bits per heavy atom. The molecule has 1 aliphatic rings. The van der Waals surface area contributed by atoms with Crippen molar-refractivity contribution >= 4 is 17.7 Å². The van der Waals surface area contributed by atoms with Crippen LogP contribution in [0.5, 0.6) is 11.5 Å². The molecule has 3 rings (SSSR count). The highest BCUT2D eigenvalue weighted by Crippen LogP contribution is 2.32. The van der Waals surface area contributed by atoms with Gasteiger partial charge in [-0.25, -0.2) is 0 Å². The number of carbonyl (C=O) groups is 1. The van der Waals surface area contributed by atoms with E-state index in [1.807, 2.05) is 18.2 Å². The molecule has 0 radical (unpaired) electrons. The van der Waals surface area contributed by atoms with Crippen LogP contribution in [-0.2, 0) is 11.2 Å². The van der Waals surface area contributed by atoms with Gasteiger partial charge in [0, 0.05) is 11.4 Å². The second-order valence-corrected chi connectivity index (χ2v) is 6.86. The van der Waals surface area contributed by atoms with Crippen LogP contribution in [0.2, 0.25) is 0 Å². The summed E-state index contributed by atoms with van der Waals surface area (Å²) in [6.45, 7) is 5.03. The maximum Gasteiger partial charge on any atom is 0.231 e. The molecule has 1 N–H and O–H groups in total. The first-order valence-corrected chi connectivity index (χ1v) is 8.95. The first kappa shape index (κ1) is 16.7. The average Bonchev–Trinajstić information content (AvgIpc) is 3.03. The molecule has 0 unspecified atom stereocenters. The van der Waals surface area contributed by atoms with E-state index < -0.39 is 0 Å². The van der Waals surface area contributed by atoms with Gasteiger partial charge in [0.15, 0.2) is 11.5 Å². The van der Waals surface area contributed by atoms with Crippen LogP contribution in [0.15, 0.2) is 41.3 Å². The summed E-state index contributed by atoms with van der Waals surface area (Å²) < 4.78 is 10.7. The average molecular weight is 343 g/mol. The van der Waals surface area contributed by atoms with Crippen LogP contribution in [0.1, 0.15) is 16.7 Å². The maximum absolute atomic E-state index is 12.0. The molecule has 0 saturated carbocycles. The normalized spacial score (nSPS) is 12.2. The highest BCUT2D eigenvalue weighted by atomic mass is 32.2. The number of benzene rings is 2. The van der Waals surface area contributed by atoms with Crippen LogP contribution in [-0.4, -0.2) is 25.0 Å². The maximum atomic E-state index is 12.0. The van der Waals surface area contributed by atoms with Crippen LogP contribution in [0, 0.1) is 13.8 Å².